The predicted octanol–water partition coefficient (Wildman–Crippen LogP) is 3.60. The molecule has 2 N–H and O–H groups in total. The number of hydrogen-bond donors (Lipinski definition) is 1. The second-order valence-electron chi connectivity index (χ2n) is 4.30. The maximum Gasteiger partial charge on any atom is 0.0555 e. The van der Waals surface area contributed by atoms with E-state index in [0.29, 0.717) is 6.54 Å². The van der Waals surface area contributed by atoms with Gasteiger partial charge in [0.05, 0.1) is 6.54 Å². The molecular weight excluding hydrogens is 250 g/mol. The summed E-state index contributed by atoms with van der Waals surface area (Å²) in [6, 6.07) is 17.0. The number of thioether (sulfide) groups is 1. The highest BCUT2D eigenvalue weighted by molar-refractivity contribution is 7.98. The summed E-state index contributed by atoms with van der Waals surface area (Å²) >= 11 is 1.85. The molecule has 0 aliphatic rings. The second-order valence-corrected chi connectivity index (χ2v) is 5.35. The molecule has 2 heteroatoms. The Morgan fingerprint density at radius 1 is 1.00 bits per heavy atom. The van der Waals surface area contributed by atoms with Crippen molar-refractivity contribution in [2.24, 2.45) is 5.73 Å². The van der Waals surface area contributed by atoms with E-state index in [9.17, 15) is 0 Å². The zero-order valence-electron chi connectivity index (χ0n) is 11.0. The first-order valence-electron chi connectivity index (χ1n) is 6.25. The summed E-state index contributed by atoms with van der Waals surface area (Å²) in [5.41, 5.74) is 8.98. The van der Waals surface area contributed by atoms with Crippen LogP contribution in [0.4, 0.5) is 0 Å². The van der Waals surface area contributed by atoms with Gasteiger partial charge in [-0.05, 0) is 36.8 Å². The van der Waals surface area contributed by atoms with Gasteiger partial charge in [0.25, 0.3) is 0 Å². The highest BCUT2D eigenvalue weighted by Crippen LogP contribution is 2.23. The first-order valence-corrected chi connectivity index (χ1v) is 7.24. The van der Waals surface area contributed by atoms with Gasteiger partial charge in [-0.25, -0.2) is 0 Å². The minimum atomic E-state index is 0.408. The van der Waals surface area contributed by atoms with Gasteiger partial charge < -0.3 is 5.73 Å². The molecule has 0 unspecified atom stereocenters. The highest BCUT2D eigenvalue weighted by Gasteiger charge is 1.96. The molecule has 0 aliphatic heterocycles. The molecule has 0 atom stereocenters. The van der Waals surface area contributed by atoms with E-state index in [2.05, 4.69) is 55.2 Å². The molecule has 0 saturated heterocycles. The maximum atomic E-state index is 5.35. The van der Waals surface area contributed by atoms with Crippen LogP contribution in [0.3, 0.4) is 0 Å². The van der Waals surface area contributed by atoms with Crippen LogP contribution < -0.4 is 5.73 Å². The lowest BCUT2D eigenvalue weighted by atomic mass is 10.1. The fourth-order valence-electron chi connectivity index (χ4n) is 1.64. The van der Waals surface area contributed by atoms with Crippen molar-refractivity contribution < 1.29 is 0 Å². The van der Waals surface area contributed by atoms with Crippen LogP contribution in [0.1, 0.15) is 16.7 Å². The lowest BCUT2D eigenvalue weighted by molar-refractivity contribution is 1.30. The van der Waals surface area contributed by atoms with Crippen LogP contribution in [0.5, 0.6) is 0 Å². The van der Waals surface area contributed by atoms with Crippen LogP contribution in [0.15, 0.2) is 53.4 Å². The van der Waals surface area contributed by atoms with E-state index in [1.807, 2.05) is 23.9 Å². The first kappa shape index (κ1) is 13.7. The minimum absolute atomic E-state index is 0.408. The Hall–Kier alpha value is -1.69. The molecule has 96 valence electrons. The van der Waals surface area contributed by atoms with E-state index in [1.54, 1.807) is 0 Å². The molecule has 2 aromatic rings. The molecule has 0 bridgehead atoms. The number of hydrogen-bond acceptors (Lipinski definition) is 2. The number of rotatable bonds is 3. The van der Waals surface area contributed by atoms with E-state index in [4.69, 9.17) is 5.73 Å². The van der Waals surface area contributed by atoms with Crippen LogP contribution in [0.2, 0.25) is 0 Å². The summed E-state index contributed by atoms with van der Waals surface area (Å²) in [7, 11) is 0. The van der Waals surface area contributed by atoms with Crippen molar-refractivity contribution in [3.63, 3.8) is 0 Å². The summed E-state index contributed by atoms with van der Waals surface area (Å²) < 4.78 is 0. The molecule has 0 amide bonds. The standard InChI is InChI=1S/C17H17NS/c1-14-4-10-17(11-5-14)19-13-16-8-6-15(7-9-16)3-2-12-18/h4-11H,12-13,18H2,1H3. The molecule has 0 aromatic heterocycles. The average Bonchev–Trinajstić information content (AvgIpc) is 2.46. The van der Waals surface area contributed by atoms with Crippen molar-refractivity contribution >= 4 is 11.8 Å². The normalized spacial score (nSPS) is 9.79. The fourth-order valence-corrected chi connectivity index (χ4v) is 2.49. The molecule has 0 heterocycles. The Balaban J connectivity index is 1.94. The Morgan fingerprint density at radius 2 is 1.68 bits per heavy atom. The third-order valence-electron chi connectivity index (χ3n) is 2.72. The fraction of sp³-hybridized carbons (Fsp3) is 0.176. The van der Waals surface area contributed by atoms with E-state index < -0.39 is 0 Å². The Labute approximate surface area is 119 Å². The monoisotopic (exact) mass is 267 g/mol. The third-order valence-corrected chi connectivity index (χ3v) is 3.80. The Bertz CT molecular complexity index is 573. The van der Waals surface area contributed by atoms with Crippen LogP contribution in [0.25, 0.3) is 0 Å². The van der Waals surface area contributed by atoms with E-state index in [0.717, 1.165) is 11.3 Å². The van der Waals surface area contributed by atoms with Gasteiger partial charge in [-0.1, -0.05) is 41.7 Å². The molecule has 2 rings (SSSR count). The van der Waals surface area contributed by atoms with E-state index in [1.165, 1.54) is 16.0 Å². The number of nitrogens with two attached hydrogens (primary N) is 1. The molecule has 0 saturated carbocycles. The lowest BCUT2D eigenvalue weighted by Crippen LogP contribution is -1.93. The quantitative estimate of drug-likeness (QED) is 0.679. The van der Waals surface area contributed by atoms with Gasteiger partial charge in [0.1, 0.15) is 0 Å². The summed E-state index contributed by atoms with van der Waals surface area (Å²) in [5, 5.41) is 0. The van der Waals surface area contributed by atoms with Crippen LogP contribution in [0, 0.1) is 18.8 Å². The van der Waals surface area contributed by atoms with Gasteiger partial charge in [-0.2, -0.15) is 0 Å². The number of aryl methyl sites for hydroxylation is 1. The summed E-state index contributed by atoms with van der Waals surface area (Å²) in [6.45, 7) is 2.51. The predicted molar refractivity (Wildman–Crippen MR) is 83.1 cm³/mol. The van der Waals surface area contributed by atoms with E-state index in [-0.39, 0.29) is 0 Å². The maximum absolute atomic E-state index is 5.35. The van der Waals surface area contributed by atoms with Crippen molar-refractivity contribution in [3.05, 3.63) is 65.2 Å². The largest absolute Gasteiger partial charge is 0.320 e. The van der Waals surface area contributed by atoms with Gasteiger partial charge in [0.15, 0.2) is 0 Å². The Kier molecular flexibility index (Phi) is 5.09. The van der Waals surface area contributed by atoms with Crippen LogP contribution in [-0.2, 0) is 5.75 Å². The molecule has 2 aromatic carbocycles. The highest BCUT2D eigenvalue weighted by atomic mass is 32.2. The molecule has 19 heavy (non-hydrogen) atoms. The number of benzene rings is 2. The summed E-state index contributed by atoms with van der Waals surface area (Å²) in [6.07, 6.45) is 0. The molecule has 0 spiro atoms. The SMILES string of the molecule is Cc1ccc(SCc2ccc(C#CCN)cc2)cc1. The van der Waals surface area contributed by atoms with Gasteiger partial charge in [0, 0.05) is 16.2 Å². The minimum Gasteiger partial charge on any atom is -0.320 e. The van der Waals surface area contributed by atoms with Crippen molar-refractivity contribution in [1.29, 1.82) is 0 Å². The molecule has 0 aliphatic carbocycles. The molecule has 1 nitrogen and oxygen atoms in total. The zero-order chi connectivity index (χ0) is 13.5. The van der Waals surface area contributed by atoms with E-state index >= 15 is 0 Å². The van der Waals surface area contributed by atoms with Gasteiger partial charge >= 0.3 is 0 Å². The molecule has 0 fully saturated rings. The lowest BCUT2D eigenvalue weighted by Gasteiger charge is -2.03. The van der Waals surface area contributed by atoms with Crippen LogP contribution >= 0.6 is 11.8 Å². The van der Waals surface area contributed by atoms with Gasteiger partial charge in [-0.3, -0.25) is 0 Å². The van der Waals surface area contributed by atoms with Crippen molar-refractivity contribution in [2.45, 2.75) is 17.6 Å². The topological polar surface area (TPSA) is 26.0 Å². The molecular formula is C17H17NS. The van der Waals surface area contributed by atoms with Crippen molar-refractivity contribution in [3.8, 4) is 11.8 Å². The third kappa shape index (κ3) is 4.48. The average molecular weight is 267 g/mol. The van der Waals surface area contributed by atoms with Crippen molar-refractivity contribution in [1.82, 2.24) is 0 Å². The summed E-state index contributed by atoms with van der Waals surface area (Å²) in [4.78, 5) is 1.30. The van der Waals surface area contributed by atoms with Crippen molar-refractivity contribution in [2.75, 3.05) is 6.54 Å². The van der Waals surface area contributed by atoms with Gasteiger partial charge in [0.2, 0.25) is 0 Å². The smallest absolute Gasteiger partial charge is 0.0555 e. The zero-order valence-corrected chi connectivity index (χ0v) is 11.8. The van der Waals surface area contributed by atoms with Crippen LogP contribution in [-0.4, -0.2) is 6.54 Å². The Morgan fingerprint density at radius 3 is 2.32 bits per heavy atom. The molecule has 0 radical (unpaired) electrons. The second kappa shape index (κ2) is 7.04. The van der Waals surface area contributed by atoms with Gasteiger partial charge in [-0.15, -0.1) is 11.8 Å². The summed E-state index contributed by atoms with van der Waals surface area (Å²) in [5.74, 6) is 6.87. The first-order chi connectivity index (χ1) is 9.28.